The third kappa shape index (κ3) is 6.66. The van der Waals surface area contributed by atoms with E-state index < -0.39 is 54.3 Å². The van der Waals surface area contributed by atoms with E-state index in [0.717, 1.165) is 25.5 Å². The summed E-state index contributed by atoms with van der Waals surface area (Å²) in [4.78, 5) is 40.2. The number of hydrogen-bond acceptors (Lipinski definition) is 7. The van der Waals surface area contributed by atoms with Gasteiger partial charge in [-0.3, -0.25) is 9.59 Å². The van der Waals surface area contributed by atoms with Crippen molar-refractivity contribution in [3.63, 3.8) is 0 Å². The molecule has 2 rings (SSSR count). The predicted octanol–water partition coefficient (Wildman–Crippen LogP) is 4.94. The van der Waals surface area contributed by atoms with Crippen molar-refractivity contribution in [2.75, 3.05) is 27.5 Å². The highest BCUT2D eigenvalue weighted by molar-refractivity contribution is 7.94. The number of carbonyl (C=O) groups excluding carboxylic acids is 3. The Kier molecular flexibility index (Phi) is 10.7. The molecule has 196 valence electrons. The van der Waals surface area contributed by atoms with Gasteiger partial charge in [-0.05, 0) is 49.9 Å². The first kappa shape index (κ1) is 29.4. The Labute approximate surface area is 205 Å². The van der Waals surface area contributed by atoms with Crippen molar-refractivity contribution in [2.45, 2.75) is 91.0 Å². The van der Waals surface area contributed by atoms with Crippen molar-refractivity contribution in [1.82, 2.24) is 0 Å². The Hall–Kier alpha value is -0.880. The van der Waals surface area contributed by atoms with Crippen LogP contribution in [0.15, 0.2) is 0 Å². The minimum atomic E-state index is -4.06. The summed E-state index contributed by atoms with van der Waals surface area (Å²) in [6, 6.07) is 0. The van der Waals surface area contributed by atoms with Crippen LogP contribution in [0.5, 0.6) is 0 Å². The van der Waals surface area contributed by atoms with E-state index in [1.54, 1.807) is 14.2 Å². The van der Waals surface area contributed by atoms with Crippen LogP contribution >= 0.6 is 7.14 Å². The standard InChI is InChI=1S/C26H45O7P/c1-17(14-26(2,3)4)16-34(30,24(28)22-18(15-27)10-8-11-19(22)31-5)25(29)23-20(32-6)12-9-13-21(23)33-7/h15,17-23H,8-14,16H2,1-7H3. The van der Waals surface area contributed by atoms with Crippen molar-refractivity contribution >= 4 is 24.5 Å². The average Bonchev–Trinajstić information content (AvgIpc) is 2.80. The molecule has 0 N–H and O–H groups in total. The molecule has 8 heteroatoms. The summed E-state index contributed by atoms with van der Waals surface area (Å²) in [6.45, 7) is 8.22. The van der Waals surface area contributed by atoms with Gasteiger partial charge in [-0.1, -0.05) is 34.1 Å². The Morgan fingerprint density at radius 1 is 0.882 bits per heavy atom. The van der Waals surface area contributed by atoms with Crippen molar-refractivity contribution in [2.24, 2.45) is 29.1 Å². The van der Waals surface area contributed by atoms with Gasteiger partial charge in [-0.25, -0.2) is 0 Å². The van der Waals surface area contributed by atoms with Crippen LogP contribution in [0.2, 0.25) is 0 Å². The first-order chi connectivity index (χ1) is 15.9. The molecule has 0 aromatic heterocycles. The van der Waals surface area contributed by atoms with E-state index >= 15 is 0 Å². The van der Waals surface area contributed by atoms with E-state index in [1.165, 1.54) is 7.11 Å². The topological polar surface area (TPSA) is 96.0 Å². The number of hydrogen-bond donors (Lipinski definition) is 0. The normalized spacial score (nSPS) is 33.0. The SMILES string of the molecule is COC1CCCC(C=O)C1C(=O)P(=O)(CC(C)CC(C)(C)C)C(=O)C1C(OC)CCCC1OC. The van der Waals surface area contributed by atoms with Gasteiger partial charge in [0, 0.05) is 33.4 Å². The van der Waals surface area contributed by atoms with Gasteiger partial charge >= 0.3 is 0 Å². The van der Waals surface area contributed by atoms with Crippen LogP contribution in [0.25, 0.3) is 0 Å². The van der Waals surface area contributed by atoms with Gasteiger partial charge in [0.2, 0.25) is 18.2 Å². The van der Waals surface area contributed by atoms with Crippen molar-refractivity contribution < 1.29 is 33.2 Å². The van der Waals surface area contributed by atoms with E-state index in [2.05, 4.69) is 20.8 Å². The summed E-state index contributed by atoms with van der Waals surface area (Å²) in [5, 5.41) is 0. The molecule has 0 saturated heterocycles. The summed E-state index contributed by atoms with van der Waals surface area (Å²) in [7, 11) is 0.539. The Morgan fingerprint density at radius 2 is 1.32 bits per heavy atom. The van der Waals surface area contributed by atoms with Crippen molar-refractivity contribution in [1.29, 1.82) is 0 Å². The highest BCUT2D eigenvalue weighted by Gasteiger charge is 2.54. The molecule has 0 radical (unpaired) electrons. The lowest BCUT2D eigenvalue weighted by Gasteiger charge is -2.40. The van der Waals surface area contributed by atoms with Gasteiger partial charge < -0.3 is 23.6 Å². The van der Waals surface area contributed by atoms with Crippen LogP contribution in [0, 0.1) is 29.1 Å². The number of ether oxygens (including phenoxy) is 3. The molecule has 7 atom stereocenters. The molecule has 7 nitrogen and oxygen atoms in total. The van der Waals surface area contributed by atoms with Crippen molar-refractivity contribution in [3.8, 4) is 0 Å². The molecule has 2 fully saturated rings. The van der Waals surface area contributed by atoms with Gasteiger partial charge in [0.25, 0.3) is 0 Å². The highest BCUT2D eigenvalue weighted by Crippen LogP contribution is 2.58. The Balaban J connectivity index is 2.54. The second kappa shape index (κ2) is 12.4. The zero-order chi connectivity index (χ0) is 25.7. The molecule has 2 aliphatic carbocycles. The van der Waals surface area contributed by atoms with E-state index in [4.69, 9.17) is 14.2 Å². The fourth-order valence-corrected chi connectivity index (χ4v) is 9.47. The second-order valence-corrected chi connectivity index (χ2v) is 14.2. The maximum absolute atomic E-state index is 14.8. The number of aldehydes is 1. The molecule has 0 spiro atoms. The fourth-order valence-electron chi connectivity index (χ4n) is 6.23. The molecule has 2 saturated carbocycles. The van der Waals surface area contributed by atoms with E-state index in [-0.39, 0.29) is 17.5 Å². The number of carbonyl (C=O) groups is 3. The molecule has 34 heavy (non-hydrogen) atoms. The van der Waals surface area contributed by atoms with Gasteiger partial charge in [0.15, 0.2) is 0 Å². The van der Waals surface area contributed by atoms with Crippen molar-refractivity contribution in [3.05, 3.63) is 0 Å². The summed E-state index contributed by atoms with van der Waals surface area (Å²) >= 11 is 0. The third-order valence-electron chi connectivity index (χ3n) is 7.56. The van der Waals surface area contributed by atoms with Gasteiger partial charge in [0.05, 0.1) is 30.1 Å². The highest BCUT2D eigenvalue weighted by atomic mass is 31.2. The lowest BCUT2D eigenvalue weighted by atomic mass is 9.78. The minimum absolute atomic E-state index is 0.00379. The Bertz CT molecular complexity index is 747. The molecule has 0 aromatic rings. The number of methoxy groups -OCH3 is 3. The zero-order valence-electron chi connectivity index (χ0n) is 22.1. The summed E-state index contributed by atoms with van der Waals surface area (Å²) in [6.07, 6.45) is 4.13. The molecule has 2 aliphatic rings. The molecule has 0 heterocycles. The lowest BCUT2D eigenvalue weighted by Crippen LogP contribution is -2.46. The first-order valence-electron chi connectivity index (χ1n) is 12.6. The summed E-state index contributed by atoms with van der Waals surface area (Å²) in [5.74, 6) is -2.32. The molecule has 7 unspecified atom stereocenters. The van der Waals surface area contributed by atoms with Crippen LogP contribution in [0.4, 0.5) is 0 Å². The first-order valence-corrected chi connectivity index (χ1v) is 14.5. The maximum atomic E-state index is 14.8. The van der Waals surface area contributed by atoms with E-state index in [1.807, 2.05) is 6.92 Å². The minimum Gasteiger partial charge on any atom is -0.381 e. The molecule has 0 amide bonds. The smallest absolute Gasteiger partial charge is 0.212 e. The van der Waals surface area contributed by atoms with Gasteiger partial charge in [0.1, 0.15) is 6.29 Å². The van der Waals surface area contributed by atoms with Gasteiger partial charge in [-0.2, -0.15) is 0 Å². The lowest BCUT2D eigenvalue weighted by molar-refractivity contribution is -0.134. The van der Waals surface area contributed by atoms with Crippen LogP contribution in [0.1, 0.15) is 72.6 Å². The maximum Gasteiger partial charge on any atom is 0.212 e. The molecule has 0 aromatic carbocycles. The van der Waals surface area contributed by atoms with Crippen LogP contribution in [-0.4, -0.2) is 63.1 Å². The summed E-state index contributed by atoms with van der Waals surface area (Å²) < 4.78 is 31.6. The van der Waals surface area contributed by atoms with Gasteiger partial charge in [-0.15, -0.1) is 0 Å². The largest absolute Gasteiger partial charge is 0.381 e. The zero-order valence-corrected chi connectivity index (χ0v) is 23.0. The van der Waals surface area contributed by atoms with E-state index in [0.29, 0.717) is 25.7 Å². The molecular formula is C26H45O7P. The summed E-state index contributed by atoms with van der Waals surface area (Å²) in [5.41, 5.74) is -1.17. The third-order valence-corrected chi connectivity index (χ3v) is 10.7. The van der Waals surface area contributed by atoms with E-state index in [9.17, 15) is 18.9 Å². The Morgan fingerprint density at radius 3 is 1.76 bits per heavy atom. The molecule has 0 aliphatic heterocycles. The fraction of sp³-hybridized carbons (Fsp3) is 0.885. The monoisotopic (exact) mass is 500 g/mol. The van der Waals surface area contributed by atoms with Crippen LogP contribution in [0.3, 0.4) is 0 Å². The number of rotatable bonds is 11. The van der Waals surface area contributed by atoms with Crippen LogP contribution < -0.4 is 0 Å². The molecular weight excluding hydrogens is 455 g/mol. The predicted molar refractivity (Wildman–Crippen MR) is 132 cm³/mol. The molecule has 0 bridgehead atoms. The average molecular weight is 501 g/mol. The quantitative estimate of drug-likeness (QED) is 0.293. The van der Waals surface area contributed by atoms with Crippen LogP contribution in [-0.2, 0) is 33.2 Å². The second-order valence-electron chi connectivity index (χ2n) is 11.5.